The lowest BCUT2D eigenvalue weighted by atomic mass is 10.1. The van der Waals surface area contributed by atoms with Crippen LogP contribution >= 0.6 is 0 Å². The molecule has 2 unspecified atom stereocenters. The Labute approximate surface area is 150 Å². The van der Waals surface area contributed by atoms with Crippen molar-refractivity contribution in [1.29, 1.82) is 0 Å². The predicted octanol–water partition coefficient (Wildman–Crippen LogP) is 4.41. The van der Waals surface area contributed by atoms with Crippen LogP contribution in [0.5, 0.6) is 0 Å². The average Bonchev–Trinajstić information content (AvgIpc) is 2.61. The molecule has 0 radical (unpaired) electrons. The van der Waals surface area contributed by atoms with Gasteiger partial charge in [0.25, 0.3) is 0 Å². The second-order valence-corrected chi connectivity index (χ2v) is 13.5. The lowest BCUT2D eigenvalue weighted by molar-refractivity contribution is -0.120. The van der Waals surface area contributed by atoms with Gasteiger partial charge in [-0.05, 0) is 24.9 Å². The van der Waals surface area contributed by atoms with Crippen molar-refractivity contribution in [2.45, 2.75) is 76.5 Å². The van der Waals surface area contributed by atoms with Crippen molar-refractivity contribution < 1.29 is 22.5 Å². The van der Waals surface area contributed by atoms with Crippen LogP contribution in [0.1, 0.15) is 53.4 Å². The zero-order valence-corrected chi connectivity index (χ0v) is 18.9. The molecule has 0 spiro atoms. The van der Waals surface area contributed by atoms with E-state index in [0.29, 0.717) is 0 Å². The third-order valence-corrected chi connectivity index (χ3v) is 13.8. The number of Topliss-reactive ketones (excluding diaryl/α,β-unsaturated/α-hetero) is 1. The van der Waals surface area contributed by atoms with E-state index < -0.39 is 17.1 Å². The first-order valence-electron chi connectivity index (χ1n) is 9.16. The molecule has 0 N–H and O–H groups in total. The summed E-state index contributed by atoms with van der Waals surface area (Å²) in [5, 5.41) is 0. The average molecular weight is 379 g/mol. The van der Waals surface area contributed by atoms with E-state index in [0.717, 1.165) is 37.8 Å². The van der Waals surface area contributed by atoms with Crippen LogP contribution in [0.4, 0.5) is 0 Å². The SMILES string of the molecule is CCC[Si](OC)(OC)C(CC)C(=O)C(CC)[Si](CCC)(OC)OC. The number of rotatable bonds is 14. The lowest BCUT2D eigenvalue weighted by Crippen LogP contribution is -2.54. The van der Waals surface area contributed by atoms with E-state index in [4.69, 9.17) is 17.7 Å². The van der Waals surface area contributed by atoms with E-state index in [1.54, 1.807) is 28.4 Å². The molecule has 0 aliphatic rings. The van der Waals surface area contributed by atoms with Crippen molar-refractivity contribution in [3.63, 3.8) is 0 Å². The van der Waals surface area contributed by atoms with Crippen molar-refractivity contribution in [2.24, 2.45) is 0 Å². The Morgan fingerprint density at radius 1 is 0.708 bits per heavy atom. The van der Waals surface area contributed by atoms with Gasteiger partial charge in [-0.25, -0.2) is 0 Å². The first-order chi connectivity index (χ1) is 11.4. The summed E-state index contributed by atoms with van der Waals surface area (Å²) < 4.78 is 23.5. The maximum Gasteiger partial charge on any atom is 0.348 e. The summed E-state index contributed by atoms with van der Waals surface area (Å²) >= 11 is 0. The maximum absolute atomic E-state index is 13.5. The Morgan fingerprint density at radius 3 is 1.17 bits per heavy atom. The maximum atomic E-state index is 13.5. The highest BCUT2D eigenvalue weighted by atomic mass is 28.4. The first kappa shape index (κ1) is 23.9. The molecule has 2 atom stereocenters. The van der Waals surface area contributed by atoms with Gasteiger partial charge in [-0.2, -0.15) is 0 Å². The molecule has 24 heavy (non-hydrogen) atoms. The lowest BCUT2D eigenvalue weighted by Gasteiger charge is -2.39. The standard InChI is InChI=1S/C17H38O5Si2/c1-9-13-23(19-5,20-6)15(11-3)17(18)16(12-4)24(21-7,22-8)14-10-2/h15-16H,9-14H2,1-8H3. The van der Waals surface area contributed by atoms with Crippen molar-refractivity contribution in [1.82, 2.24) is 0 Å². The second kappa shape index (κ2) is 11.5. The Morgan fingerprint density at radius 2 is 1.00 bits per heavy atom. The van der Waals surface area contributed by atoms with Crippen LogP contribution in [-0.2, 0) is 22.5 Å². The Balaban J connectivity index is 5.84. The molecular formula is C17H38O5Si2. The molecule has 0 amide bonds. The number of hydrogen-bond acceptors (Lipinski definition) is 5. The molecule has 0 aromatic rings. The molecule has 144 valence electrons. The van der Waals surface area contributed by atoms with Crippen LogP contribution in [0, 0.1) is 0 Å². The summed E-state index contributed by atoms with van der Waals surface area (Å²) in [4.78, 5) is 13.5. The van der Waals surface area contributed by atoms with Crippen LogP contribution in [0.2, 0.25) is 23.2 Å². The molecular weight excluding hydrogens is 340 g/mol. The largest absolute Gasteiger partial charge is 0.397 e. The smallest absolute Gasteiger partial charge is 0.348 e. The van der Waals surface area contributed by atoms with E-state index in [-0.39, 0.29) is 16.9 Å². The molecule has 0 rings (SSSR count). The fourth-order valence-electron chi connectivity index (χ4n) is 3.89. The number of carbonyl (C=O) groups excluding carboxylic acids is 1. The topological polar surface area (TPSA) is 54.0 Å². The van der Waals surface area contributed by atoms with E-state index in [9.17, 15) is 4.79 Å². The molecule has 0 saturated carbocycles. The van der Waals surface area contributed by atoms with E-state index >= 15 is 0 Å². The van der Waals surface area contributed by atoms with Gasteiger partial charge in [-0.1, -0.05) is 40.5 Å². The highest BCUT2D eigenvalue weighted by Crippen LogP contribution is 2.41. The van der Waals surface area contributed by atoms with Crippen LogP contribution in [0.3, 0.4) is 0 Å². The van der Waals surface area contributed by atoms with E-state index in [2.05, 4.69) is 13.8 Å². The quantitative estimate of drug-likeness (QED) is 0.419. The van der Waals surface area contributed by atoms with Gasteiger partial charge in [0.05, 0.1) is 11.1 Å². The Bertz CT molecular complexity index is 325. The molecule has 0 saturated heterocycles. The highest BCUT2D eigenvalue weighted by Gasteiger charge is 2.54. The molecule has 0 aromatic heterocycles. The number of ketones is 1. The molecule has 7 heteroatoms. The van der Waals surface area contributed by atoms with Gasteiger partial charge in [-0.15, -0.1) is 0 Å². The normalized spacial score (nSPS) is 15.3. The Hall–Kier alpha value is -0.0562. The van der Waals surface area contributed by atoms with Crippen molar-refractivity contribution in [3.05, 3.63) is 0 Å². The third-order valence-electron chi connectivity index (χ3n) is 5.14. The van der Waals surface area contributed by atoms with E-state index in [1.807, 2.05) is 13.8 Å². The molecule has 5 nitrogen and oxygen atoms in total. The highest BCUT2D eigenvalue weighted by molar-refractivity contribution is 6.77. The van der Waals surface area contributed by atoms with Gasteiger partial charge in [0.15, 0.2) is 0 Å². The molecule has 0 bridgehead atoms. The van der Waals surface area contributed by atoms with Gasteiger partial charge >= 0.3 is 17.1 Å². The molecule has 0 heterocycles. The summed E-state index contributed by atoms with van der Waals surface area (Å²) in [6.45, 7) is 8.31. The zero-order valence-electron chi connectivity index (χ0n) is 16.9. The second-order valence-electron chi connectivity index (χ2n) is 6.26. The fraction of sp³-hybridized carbons (Fsp3) is 0.941. The van der Waals surface area contributed by atoms with Gasteiger partial charge in [-0.3, -0.25) is 4.79 Å². The molecule has 0 aromatic carbocycles. The van der Waals surface area contributed by atoms with E-state index in [1.165, 1.54) is 0 Å². The van der Waals surface area contributed by atoms with Crippen molar-refractivity contribution in [3.8, 4) is 0 Å². The summed E-state index contributed by atoms with van der Waals surface area (Å²) in [7, 11) is 1.58. The van der Waals surface area contributed by atoms with Gasteiger partial charge in [0, 0.05) is 28.4 Å². The summed E-state index contributed by atoms with van der Waals surface area (Å²) in [5.41, 5.74) is -0.377. The fourth-order valence-corrected chi connectivity index (χ4v) is 10.9. The minimum absolute atomic E-state index is 0.188. The van der Waals surface area contributed by atoms with Crippen LogP contribution in [0.15, 0.2) is 0 Å². The van der Waals surface area contributed by atoms with Gasteiger partial charge in [0.1, 0.15) is 5.78 Å². The third kappa shape index (κ3) is 4.98. The van der Waals surface area contributed by atoms with Gasteiger partial charge < -0.3 is 17.7 Å². The first-order valence-corrected chi connectivity index (χ1v) is 13.4. The predicted molar refractivity (Wildman–Crippen MR) is 103 cm³/mol. The Kier molecular flexibility index (Phi) is 11.5. The van der Waals surface area contributed by atoms with Crippen molar-refractivity contribution >= 4 is 22.9 Å². The van der Waals surface area contributed by atoms with Gasteiger partial charge in [0.2, 0.25) is 0 Å². The van der Waals surface area contributed by atoms with Crippen LogP contribution in [0.25, 0.3) is 0 Å². The minimum atomic E-state index is -2.58. The zero-order chi connectivity index (χ0) is 18.8. The monoisotopic (exact) mass is 378 g/mol. The molecule has 0 aliphatic heterocycles. The minimum Gasteiger partial charge on any atom is -0.397 e. The molecule has 0 fully saturated rings. The number of carbonyl (C=O) groups is 1. The molecule has 0 aliphatic carbocycles. The summed E-state index contributed by atoms with van der Waals surface area (Å²) in [6, 6.07) is 1.64. The number of hydrogen-bond donors (Lipinski definition) is 0. The van der Waals surface area contributed by atoms with Crippen molar-refractivity contribution in [2.75, 3.05) is 28.4 Å². The summed E-state index contributed by atoms with van der Waals surface area (Å²) in [6.07, 6.45) is 3.35. The van der Waals surface area contributed by atoms with Crippen LogP contribution in [-0.4, -0.2) is 51.3 Å². The summed E-state index contributed by atoms with van der Waals surface area (Å²) in [5.74, 6) is 0.215. The van der Waals surface area contributed by atoms with Crippen LogP contribution < -0.4 is 0 Å².